The first-order valence-electron chi connectivity index (χ1n) is 8.98. The van der Waals surface area contributed by atoms with E-state index >= 15 is 0 Å². The Kier molecular flexibility index (Phi) is 7.45. The molecule has 0 aliphatic carbocycles. The number of aromatic amines is 1. The van der Waals surface area contributed by atoms with Gasteiger partial charge in [-0.1, -0.05) is 6.92 Å². The number of nitrogens with one attached hydrogen (secondary N) is 1. The van der Waals surface area contributed by atoms with Crippen LogP contribution in [0.25, 0.3) is 0 Å². The summed E-state index contributed by atoms with van der Waals surface area (Å²) in [6.45, 7) is 7.47. The fraction of sp³-hybridized carbons (Fsp3) is 0.667. The quantitative estimate of drug-likeness (QED) is 0.389. The van der Waals surface area contributed by atoms with Gasteiger partial charge in [0.1, 0.15) is 25.1 Å². The van der Waals surface area contributed by atoms with Gasteiger partial charge in [-0.05, 0) is 20.3 Å². The summed E-state index contributed by atoms with van der Waals surface area (Å²) in [5, 5.41) is 0. The van der Waals surface area contributed by atoms with E-state index in [9.17, 15) is 14.2 Å². The van der Waals surface area contributed by atoms with Crippen molar-refractivity contribution in [3.63, 3.8) is 0 Å². The summed E-state index contributed by atoms with van der Waals surface area (Å²) in [7, 11) is 0.535. The normalized spacial score (nSPS) is 25.9. The molecule has 10 heteroatoms. The molecule has 1 saturated heterocycles. The number of aryl methyl sites for hydroxylation is 1. The lowest BCUT2D eigenvalue weighted by Crippen LogP contribution is -2.38. The molecule has 0 aromatic carbocycles. The minimum atomic E-state index is -2.52. The fourth-order valence-corrected chi connectivity index (χ4v) is 4.02. The Hall–Kier alpha value is -1.67. The van der Waals surface area contributed by atoms with Gasteiger partial charge in [0.25, 0.3) is 5.56 Å². The van der Waals surface area contributed by atoms with E-state index in [1.165, 1.54) is 17.9 Å². The van der Waals surface area contributed by atoms with E-state index in [0.717, 1.165) is 0 Å². The first-order valence-corrected chi connectivity index (χ1v) is 11.7. The average molecular weight is 416 g/mol. The van der Waals surface area contributed by atoms with Gasteiger partial charge < -0.3 is 23.5 Å². The van der Waals surface area contributed by atoms with E-state index < -0.39 is 36.8 Å². The van der Waals surface area contributed by atoms with Gasteiger partial charge in [-0.2, -0.15) is 0 Å². The molecule has 1 aromatic rings. The zero-order chi connectivity index (χ0) is 21.1. The highest BCUT2D eigenvalue weighted by molar-refractivity contribution is 7.65. The summed E-state index contributed by atoms with van der Waals surface area (Å²) in [5.41, 5.74) is -0.659. The van der Waals surface area contributed by atoms with E-state index in [0.29, 0.717) is 24.5 Å². The molecule has 0 spiro atoms. The molecule has 4 atom stereocenters. The monoisotopic (exact) mass is 416 g/mol. The lowest BCUT2D eigenvalue weighted by molar-refractivity contribution is -0.0743. The third kappa shape index (κ3) is 5.23. The van der Waals surface area contributed by atoms with Crippen molar-refractivity contribution < 1.29 is 23.5 Å². The van der Waals surface area contributed by atoms with Crippen molar-refractivity contribution in [1.82, 2.24) is 9.55 Å². The average Bonchev–Trinajstić information content (AvgIpc) is 2.92. The van der Waals surface area contributed by atoms with Gasteiger partial charge in [-0.25, -0.2) is 4.79 Å². The Bertz CT molecular complexity index is 869. The maximum Gasteiger partial charge on any atom is 0.330 e. The molecule has 28 heavy (non-hydrogen) atoms. The zero-order valence-corrected chi connectivity index (χ0v) is 18.0. The lowest BCUT2D eigenvalue weighted by atomic mass is 9.99. The van der Waals surface area contributed by atoms with E-state index in [2.05, 4.69) is 4.98 Å². The van der Waals surface area contributed by atoms with Crippen molar-refractivity contribution in [3.8, 4) is 0 Å². The summed E-state index contributed by atoms with van der Waals surface area (Å²) >= 11 is 0. The molecule has 1 aromatic heterocycles. The molecule has 1 N–H and O–H groups in total. The van der Waals surface area contributed by atoms with Gasteiger partial charge in [0.2, 0.25) is 0 Å². The van der Waals surface area contributed by atoms with E-state index in [-0.39, 0.29) is 5.92 Å². The van der Waals surface area contributed by atoms with Gasteiger partial charge in [0.15, 0.2) is 6.23 Å². The number of rotatable bonds is 8. The maximum atomic E-state index is 12.4. The Labute approximate surface area is 164 Å². The molecule has 1 fully saturated rings. The van der Waals surface area contributed by atoms with Crippen LogP contribution in [0.4, 0.5) is 0 Å². The highest BCUT2D eigenvalue weighted by atomic mass is 31.2. The fourth-order valence-electron chi connectivity index (χ4n) is 3.16. The number of nitrogens with zero attached hydrogens (tertiary/aromatic N) is 1. The second-order valence-electron chi connectivity index (χ2n) is 7.28. The summed E-state index contributed by atoms with van der Waals surface area (Å²) < 4.78 is 36.2. The van der Waals surface area contributed by atoms with Gasteiger partial charge >= 0.3 is 5.69 Å². The van der Waals surface area contributed by atoms with Crippen LogP contribution in [0.15, 0.2) is 27.4 Å². The Morgan fingerprint density at radius 3 is 2.57 bits per heavy atom. The van der Waals surface area contributed by atoms with Crippen LogP contribution in [0.3, 0.4) is 0 Å². The van der Waals surface area contributed by atoms with Crippen LogP contribution in [0.2, 0.25) is 0 Å². The van der Waals surface area contributed by atoms with Crippen LogP contribution < -0.4 is 11.2 Å². The third-order valence-corrected chi connectivity index (χ3v) is 5.41. The molecular weight excluding hydrogens is 387 g/mol. The maximum absolute atomic E-state index is 12.4. The van der Waals surface area contributed by atoms with E-state index in [1.807, 2.05) is 6.92 Å². The number of ether oxygens (including phenoxy) is 4. The van der Waals surface area contributed by atoms with Crippen LogP contribution in [-0.2, 0) is 23.5 Å². The number of hydrogen-bond donors (Lipinski definition) is 1. The smallest absolute Gasteiger partial charge is 0.330 e. The number of H-pyrrole nitrogens is 1. The van der Waals surface area contributed by atoms with Gasteiger partial charge in [-0.15, -0.1) is 0 Å². The Morgan fingerprint density at radius 1 is 1.32 bits per heavy atom. The molecule has 158 valence electrons. The molecule has 1 aliphatic rings. The standard InChI is InChI=1S/C18H29N2O7P/c1-11-9-20(18(22)19-16(11)21)17-15(26-8-7-24-3)12(2)14(27-17)13(25-4)10-28(5,6)23/h9-10,12,14-15,17H,7-8H2,1-6H3,(H,19,21,22)/b13-10-/t12-,14+,15-,17-/m1/s1. The van der Waals surface area contributed by atoms with E-state index in [4.69, 9.17) is 18.9 Å². The number of hydrogen-bond acceptors (Lipinski definition) is 7. The first-order chi connectivity index (χ1) is 13.1. The molecule has 0 radical (unpaired) electrons. The molecular formula is C18H29N2O7P. The second-order valence-corrected chi connectivity index (χ2v) is 10.4. The summed E-state index contributed by atoms with van der Waals surface area (Å²) in [4.78, 5) is 26.4. The van der Waals surface area contributed by atoms with Crippen molar-refractivity contribution in [2.45, 2.75) is 32.3 Å². The third-order valence-electron chi connectivity index (χ3n) is 4.53. The van der Waals surface area contributed by atoms with Crippen molar-refractivity contribution in [1.29, 1.82) is 0 Å². The van der Waals surface area contributed by atoms with E-state index in [1.54, 1.807) is 33.2 Å². The minimum absolute atomic E-state index is 0.209. The molecule has 0 saturated carbocycles. The van der Waals surface area contributed by atoms with Crippen LogP contribution in [0.5, 0.6) is 0 Å². The Balaban J connectivity index is 2.46. The van der Waals surface area contributed by atoms with Crippen molar-refractivity contribution in [3.05, 3.63) is 44.2 Å². The first kappa shape index (κ1) is 22.6. The molecule has 2 heterocycles. The van der Waals surface area contributed by atoms with Crippen LogP contribution >= 0.6 is 7.14 Å². The highest BCUT2D eigenvalue weighted by Crippen LogP contribution is 2.44. The summed E-state index contributed by atoms with van der Waals surface area (Å²) in [5.74, 6) is 1.79. The summed E-state index contributed by atoms with van der Waals surface area (Å²) in [6.07, 6.45) is -0.398. The van der Waals surface area contributed by atoms with Crippen molar-refractivity contribution in [2.75, 3.05) is 40.8 Å². The van der Waals surface area contributed by atoms with Gasteiger partial charge in [0.05, 0.1) is 20.3 Å². The predicted octanol–water partition coefficient (Wildman–Crippen LogP) is 1.52. The van der Waals surface area contributed by atoms with Crippen molar-refractivity contribution >= 4 is 7.14 Å². The second kappa shape index (κ2) is 9.22. The SMILES string of the molecule is COCCO[C@@H]1[C@H](C)[C@@H](/C(=C/P(C)(C)=O)OC)O[C@H]1n1cc(C)c(=O)[nH]c1=O. The molecule has 1 aliphatic heterocycles. The predicted molar refractivity (Wildman–Crippen MR) is 105 cm³/mol. The van der Waals surface area contributed by atoms with Gasteiger partial charge in [-0.3, -0.25) is 14.3 Å². The largest absolute Gasteiger partial charge is 0.498 e. The molecule has 0 unspecified atom stereocenters. The number of aromatic nitrogens is 2. The minimum Gasteiger partial charge on any atom is -0.498 e. The molecule has 0 amide bonds. The highest BCUT2D eigenvalue weighted by Gasteiger charge is 2.46. The van der Waals surface area contributed by atoms with Crippen LogP contribution in [0.1, 0.15) is 18.7 Å². The Morgan fingerprint density at radius 2 is 2.00 bits per heavy atom. The topological polar surface area (TPSA) is 109 Å². The van der Waals surface area contributed by atoms with Crippen LogP contribution in [-0.4, -0.2) is 62.5 Å². The molecule has 9 nitrogen and oxygen atoms in total. The lowest BCUT2D eigenvalue weighted by Gasteiger charge is -2.23. The molecule has 0 bridgehead atoms. The molecule has 2 rings (SSSR count). The zero-order valence-electron chi connectivity index (χ0n) is 17.1. The summed E-state index contributed by atoms with van der Waals surface area (Å²) in [6, 6.07) is 0. The van der Waals surface area contributed by atoms with Crippen molar-refractivity contribution in [2.24, 2.45) is 5.92 Å². The number of methoxy groups -OCH3 is 2. The van der Waals surface area contributed by atoms with Crippen LogP contribution in [0, 0.1) is 12.8 Å². The van der Waals surface area contributed by atoms with Gasteiger partial charge in [0, 0.05) is 30.6 Å².